The highest BCUT2D eigenvalue weighted by molar-refractivity contribution is 7.89. The monoisotopic (exact) mass is 287 g/mol. The first-order valence-electron chi connectivity index (χ1n) is 6.65. The van der Waals surface area contributed by atoms with E-state index in [2.05, 4.69) is 5.10 Å². The van der Waals surface area contributed by atoms with Crippen LogP contribution >= 0.6 is 0 Å². The first-order chi connectivity index (χ1) is 8.64. The van der Waals surface area contributed by atoms with Crippen molar-refractivity contribution in [3.05, 3.63) is 11.9 Å². The van der Waals surface area contributed by atoms with Crippen LogP contribution in [-0.4, -0.2) is 35.6 Å². The van der Waals surface area contributed by atoms with E-state index in [1.165, 1.54) is 0 Å². The minimum Gasteiger partial charge on any atom is -0.274 e. The van der Waals surface area contributed by atoms with Crippen LogP contribution in [0.3, 0.4) is 0 Å². The molecule has 1 aromatic heterocycles. The van der Waals surface area contributed by atoms with Gasteiger partial charge < -0.3 is 0 Å². The van der Waals surface area contributed by atoms with E-state index in [9.17, 15) is 8.42 Å². The Balaban J connectivity index is 3.15. The minimum absolute atomic E-state index is 0.297. The molecular weight excluding hydrogens is 262 g/mol. The maximum atomic E-state index is 12.7. The van der Waals surface area contributed by atoms with E-state index in [0.717, 1.165) is 0 Å². The number of hydrogen-bond acceptors (Lipinski definition) is 3. The van der Waals surface area contributed by atoms with Gasteiger partial charge in [-0.2, -0.15) is 9.40 Å². The van der Waals surface area contributed by atoms with Crippen molar-refractivity contribution in [3.8, 4) is 0 Å². The molecule has 0 fully saturated rings. The summed E-state index contributed by atoms with van der Waals surface area (Å²) in [6.45, 7) is 10.9. The lowest BCUT2D eigenvalue weighted by atomic mass is 10.2. The smallest absolute Gasteiger partial charge is 0.246 e. The number of hydrogen-bond donors (Lipinski definition) is 0. The zero-order chi connectivity index (χ0) is 14.8. The SMILES string of the molecule is Cc1nn(C)cc1S(=O)(=O)N(CC(C)C)CC(C)C. The molecule has 0 bridgehead atoms. The summed E-state index contributed by atoms with van der Waals surface area (Å²) in [5.74, 6) is 0.594. The van der Waals surface area contributed by atoms with Gasteiger partial charge >= 0.3 is 0 Å². The van der Waals surface area contributed by atoms with Gasteiger partial charge in [0.2, 0.25) is 10.0 Å². The lowest BCUT2D eigenvalue weighted by Crippen LogP contribution is -2.37. The predicted octanol–water partition coefficient (Wildman–Crippen LogP) is 2.03. The Labute approximate surface area is 116 Å². The Hall–Kier alpha value is -0.880. The lowest BCUT2D eigenvalue weighted by molar-refractivity contribution is 0.333. The molecule has 0 saturated carbocycles. The van der Waals surface area contributed by atoms with Gasteiger partial charge in [-0.3, -0.25) is 4.68 Å². The summed E-state index contributed by atoms with van der Waals surface area (Å²) in [6.07, 6.45) is 1.58. The van der Waals surface area contributed by atoms with Crippen molar-refractivity contribution in [2.45, 2.75) is 39.5 Å². The fourth-order valence-corrected chi connectivity index (χ4v) is 4.02. The van der Waals surface area contributed by atoms with Crippen LogP contribution in [0.25, 0.3) is 0 Å². The Morgan fingerprint density at radius 2 is 1.68 bits per heavy atom. The van der Waals surface area contributed by atoms with Crippen LogP contribution in [0.1, 0.15) is 33.4 Å². The Bertz CT molecular complexity index is 508. The molecule has 19 heavy (non-hydrogen) atoms. The van der Waals surface area contributed by atoms with Crippen molar-refractivity contribution in [3.63, 3.8) is 0 Å². The van der Waals surface area contributed by atoms with E-state index in [-0.39, 0.29) is 0 Å². The van der Waals surface area contributed by atoms with E-state index in [0.29, 0.717) is 35.5 Å². The molecule has 1 rings (SSSR count). The van der Waals surface area contributed by atoms with Crippen LogP contribution in [0, 0.1) is 18.8 Å². The first kappa shape index (κ1) is 16.2. The van der Waals surface area contributed by atoms with E-state index in [4.69, 9.17) is 0 Å². The van der Waals surface area contributed by atoms with Crippen LogP contribution in [0.5, 0.6) is 0 Å². The molecule has 0 N–H and O–H groups in total. The van der Waals surface area contributed by atoms with Crippen LogP contribution in [0.15, 0.2) is 11.1 Å². The standard InChI is InChI=1S/C13H25N3O2S/c1-10(2)7-16(8-11(3)4)19(17,18)13-9-15(6)14-12(13)5/h9-11H,7-8H2,1-6H3. The molecule has 0 amide bonds. The second kappa shape index (κ2) is 6.05. The molecule has 5 nitrogen and oxygen atoms in total. The molecule has 0 aliphatic carbocycles. The molecule has 0 aliphatic rings. The summed E-state index contributed by atoms with van der Waals surface area (Å²) in [5, 5.41) is 4.13. The largest absolute Gasteiger partial charge is 0.274 e. The average molecular weight is 287 g/mol. The van der Waals surface area contributed by atoms with Gasteiger partial charge in [-0.15, -0.1) is 0 Å². The molecule has 1 aromatic rings. The highest BCUT2D eigenvalue weighted by atomic mass is 32.2. The summed E-state index contributed by atoms with van der Waals surface area (Å²) in [4.78, 5) is 0.316. The van der Waals surface area contributed by atoms with Gasteiger partial charge in [-0.1, -0.05) is 27.7 Å². The Kier molecular flexibility index (Phi) is 5.15. The van der Waals surface area contributed by atoms with Crippen molar-refractivity contribution >= 4 is 10.0 Å². The van der Waals surface area contributed by atoms with Crippen molar-refractivity contribution in [1.82, 2.24) is 14.1 Å². The second-order valence-electron chi connectivity index (χ2n) is 5.86. The summed E-state index contributed by atoms with van der Waals surface area (Å²) in [7, 11) is -1.71. The number of nitrogens with zero attached hydrogens (tertiary/aromatic N) is 3. The first-order valence-corrected chi connectivity index (χ1v) is 8.09. The quantitative estimate of drug-likeness (QED) is 0.804. The topological polar surface area (TPSA) is 55.2 Å². The lowest BCUT2D eigenvalue weighted by Gasteiger charge is -2.25. The molecule has 0 aliphatic heterocycles. The van der Waals surface area contributed by atoms with Gasteiger partial charge in [-0.25, -0.2) is 8.42 Å². The third-order valence-corrected chi connectivity index (χ3v) is 4.66. The van der Waals surface area contributed by atoms with E-state index >= 15 is 0 Å². The highest BCUT2D eigenvalue weighted by Gasteiger charge is 2.28. The zero-order valence-electron chi connectivity index (χ0n) is 12.7. The molecular formula is C13H25N3O2S. The third-order valence-electron chi connectivity index (χ3n) is 2.72. The number of aryl methyl sites for hydroxylation is 2. The molecule has 6 heteroatoms. The normalized spacial score (nSPS) is 12.9. The van der Waals surface area contributed by atoms with Crippen LogP contribution in [-0.2, 0) is 17.1 Å². The Morgan fingerprint density at radius 1 is 1.21 bits per heavy atom. The van der Waals surface area contributed by atoms with Crippen molar-refractivity contribution in [2.75, 3.05) is 13.1 Å². The van der Waals surface area contributed by atoms with Crippen LogP contribution in [0.2, 0.25) is 0 Å². The second-order valence-corrected chi connectivity index (χ2v) is 7.77. The van der Waals surface area contributed by atoms with Gasteiger partial charge in [0.1, 0.15) is 4.90 Å². The number of aromatic nitrogens is 2. The molecule has 110 valence electrons. The van der Waals surface area contributed by atoms with E-state index in [1.54, 1.807) is 29.2 Å². The van der Waals surface area contributed by atoms with Gasteiger partial charge in [0, 0.05) is 26.3 Å². The highest BCUT2D eigenvalue weighted by Crippen LogP contribution is 2.20. The molecule has 0 unspecified atom stereocenters. The number of rotatable bonds is 6. The van der Waals surface area contributed by atoms with Gasteiger partial charge in [0.25, 0.3) is 0 Å². The van der Waals surface area contributed by atoms with Gasteiger partial charge in [0.05, 0.1) is 5.69 Å². The summed E-state index contributed by atoms with van der Waals surface area (Å²) in [5.41, 5.74) is 0.556. The van der Waals surface area contributed by atoms with Crippen molar-refractivity contribution in [2.24, 2.45) is 18.9 Å². The van der Waals surface area contributed by atoms with Crippen LogP contribution in [0.4, 0.5) is 0 Å². The van der Waals surface area contributed by atoms with Crippen molar-refractivity contribution < 1.29 is 8.42 Å². The van der Waals surface area contributed by atoms with Crippen LogP contribution < -0.4 is 0 Å². The summed E-state index contributed by atoms with van der Waals surface area (Å²) in [6, 6.07) is 0. The molecule has 0 spiro atoms. The fraction of sp³-hybridized carbons (Fsp3) is 0.769. The fourth-order valence-electron chi connectivity index (χ4n) is 2.06. The molecule has 0 atom stereocenters. The summed E-state index contributed by atoms with van der Waals surface area (Å²) < 4.78 is 28.5. The Morgan fingerprint density at radius 3 is 2.00 bits per heavy atom. The molecule has 1 heterocycles. The molecule has 0 aromatic carbocycles. The average Bonchev–Trinajstić information content (AvgIpc) is 2.56. The maximum absolute atomic E-state index is 12.7. The zero-order valence-corrected chi connectivity index (χ0v) is 13.5. The summed E-state index contributed by atoms with van der Waals surface area (Å²) >= 11 is 0. The van der Waals surface area contributed by atoms with Gasteiger partial charge in [-0.05, 0) is 18.8 Å². The van der Waals surface area contributed by atoms with Gasteiger partial charge in [0.15, 0.2) is 0 Å². The molecule has 0 radical (unpaired) electrons. The number of sulfonamides is 1. The molecule has 0 saturated heterocycles. The minimum atomic E-state index is -3.45. The predicted molar refractivity (Wildman–Crippen MR) is 76.4 cm³/mol. The van der Waals surface area contributed by atoms with E-state index < -0.39 is 10.0 Å². The van der Waals surface area contributed by atoms with E-state index in [1.807, 2.05) is 27.7 Å². The maximum Gasteiger partial charge on any atom is 0.246 e. The van der Waals surface area contributed by atoms with Crippen molar-refractivity contribution in [1.29, 1.82) is 0 Å². The third kappa shape index (κ3) is 4.04.